The number of rotatable bonds is 8. The van der Waals surface area contributed by atoms with Crippen molar-refractivity contribution in [1.29, 1.82) is 5.26 Å². The first kappa shape index (κ1) is 44.3. The van der Waals surface area contributed by atoms with E-state index in [1.807, 2.05) is 162 Å². The fourth-order valence-corrected chi connectivity index (χ4v) is 9.03. The van der Waals surface area contributed by atoms with Crippen molar-refractivity contribution in [3.05, 3.63) is 223 Å². The Bertz CT molecular complexity index is 3580. The van der Waals surface area contributed by atoms with Crippen molar-refractivity contribution in [2.24, 2.45) is 0 Å². The van der Waals surface area contributed by atoms with Crippen molar-refractivity contribution in [2.45, 2.75) is 12.4 Å². The largest absolute Gasteiger partial charge is 0.417 e. The second-order valence-electron chi connectivity index (χ2n) is 16.8. The molecule has 0 atom stereocenters. The maximum Gasteiger partial charge on any atom is 0.417 e. The van der Waals surface area contributed by atoms with Crippen LogP contribution in [0.3, 0.4) is 0 Å². The normalized spacial score (nSPS) is 11.8. The third kappa shape index (κ3) is 8.44. The summed E-state index contributed by atoms with van der Waals surface area (Å²) >= 11 is 0. The molecule has 71 heavy (non-hydrogen) atoms. The number of halogens is 6. The van der Waals surface area contributed by atoms with Crippen molar-refractivity contribution in [3.8, 4) is 90.7 Å². The van der Waals surface area contributed by atoms with E-state index in [0.29, 0.717) is 67.9 Å². The van der Waals surface area contributed by atoms with Gasteiger partial charge in [0, 0.05) is 44.2 Å². The van der Waals surface area contributed by atoms with E-state index in [4.69, 9.17) is 19.9 Å². The van der Waals surface area contributed by atoms with E-state index in [2.05, 4.69) is 6.07 Å². The Morgan fingerprint density at radius 1 is 0.380 bits per heavy atom. The van der Waals surface area contributed by atoms with Crippen molar-refractivity contribution in [1.82, 2.24) is 24.5 Å². The van der Waals surface area contributed by atoms with Gasteiger partial charge in [0.1, 0.15) is 0 Å². The molecule has 0 amide bonds. The third-order valence-electron chi connectivity index (χ3n) is 12.3. The molecule has 11 rings (SSSR count). The fourth-order valence-electron chi connectivity index (χ4n) is 9.03. The average Bonchev–Trinajstić information content (AvgIpc) is 3.73. The van der Waals surface area contributed by atoms with E-state index in [-0.39, 0.29) is 23.0 Å². The lowest BCUT2D eigenvalue weighted by Gasteiger charge is -2.20. The molecule has 342 valence electrons. The SMILES string of the molecule is N#Cc1cc(-c2cc(-c3ccccc3)nc(-c3ccccc3)n2)c(-n2c3ccccc3c3ccc(-c4ccc(C(F)(F)F)cc4C(F)(F)F)cc32)c(-c2nc(-c3ccccc3)cc(-c3ccccc3)n2)c1. The lowest BCUT2D eigenvalue weighted by molar-refractivity contribution is -0.142. The Hall–Kier alpha value is -9.21. The van der Waals surface area contributed by atoms with Gasteiger partial charge in [0.2, 0.25) is 0 Å². The zero-order chi connectivity index (χ0) is 48.9. The van der Waals surface area contributed by atoms with Gasteiger partial charge in [-0.25, -0.2) is 19.9 Å². The van der Waals surface area contributed by atoms with Crippen LogP contribution in [0, 0.1) is 11.3 Å². The van der Waals surface area contributed by atoms with E-state index in [0.717, 1.165) is 33.7 Å². The number of hydrogen-bond acceptors (Lipinski definition) is 5. The molecular formula is C59H34F6N6. The van der Waals surface area contributed by atoms with Gasteiger partial charge in [-0.2, -0.15) is 31.6 Å². The second-order valence-corrected chi connectivity index (χ2v) is 16.8. The van der Waals surface area contributed by atoms with E-state index in [9.17, 15) is 31.6 Å². The highest BCUT2D eigenvalue weighted by Gasteiger charge is 2.38. The summed E-state index contributed by atoms with van der Waals surface area (Å²) in [5, 5.41) is 12.3. The Labute approximate surface area is 402 Å². The summed E-state index contributed by atoms with van der Waals surface area (Å²) in [7, 11) is 0. The van der Waals surface area contributed by atoms with Gasteiger partial charge in [0.15, 0.2) is 11.6 Å². The molecule has 0 saturated carbocycles. The first-order valence-electron chi connectivity index (χ1n) is 22.3. The molecule has 12 heteroatoms. The molecule has 3 aromatic heterocycles. The van der Waals surface area contributed by atoms with Crippen LogP contribution >= 0.6 is 0 Å². The second kappa shape index (κ2) is 17.7. The fraction of sp³-hybridized carbons (Fsp3) is 0.0339. The molecule has 0 aliphatic heterocycles. The van der Waals surface area contributed by atoms with Crippen LogP contribution in [-0.4, -0.2) is 24.5 Å². The highest BCUT2D eigenvalue weighted by molar-refractivity contribution is 6.11. The number of alkyl halides is 6. The standard InChI is InChI=1S/C59H34F6N6/c60-58(61,62)42-26-28-43(48(32-42)59(63,64)65)41-25-27-45-44-23-13-14-24-53(44)71(54(45)31-41)55-46(52-34-51(39-19-9-3-10-20-39)67-56(70-52)40-21-11-4-12-22-40)29-36(35-66)30-47(55)57-68-49(37-15-5-1-6-16-37)33-50(69-57)38-17-7-2-8-18-38/h1-34H. The minimum Gasteiger partial charge on any atom is -0.308 e. The molecule has 0 aliphatic rings. The minimum absolute atomic E-state index is 0.0211. The Morgan fingerprint density at radius 3 is 1.44 bits per heavy atom. The number of aromatic nitrogens is 5. The highest BCUT2D eigenvalue weighted by atomic mass is 19.4. The van der Waals surface area contributed by atoms with E-state index < -0.39 is 29.0 Å². The molecule has 0 radical (unpaired) electrons. The summed E-state index contributed by atoms with van der Waals surface area (Å²) in [5.41, 5.74) is 4.46. The lowest BCUT2D eigenvalue weighted by Crippen LogP contribution is -2.12. The van der Waals surface area contributed by atoms with Gasteiger partial charge in [-0.15, -0.1) is 0 Å². The predicted molar refractivity (Wildman–Crippen MR) is 265 cm³/mol. The Balaban J connectivity index is 1.29. The van der Waals surface area contributed by atoms with Crippen LogP contribution in [0.5, 0.6) is 0 Å². The van der Waals surface area contributed by atoms with Gasteiger partial charge in [0.25, 0.3) is 0 Å². The number of nitrogens with zero attached hydrogens (tertiary/aromatic N) is 6. The van der Waals surface area contributed by atoms with Gasteiger partial charge in [0.05, 0.1) is 62.3 Å². The quantitative estimate of drug-likeness (QED) is 0.142. The topological polar surface area (TPSA) is 80.3 Å². The van der Waals surface area contributed by atoms with Crippen molar-refractivity contribution < 1.29 is 26.3 Å². The van der Waals surface area contributed by atoms with Gasteiger partial charge in [-0.05, 0) is 59.7 Å². The maximum absolute atomic E-state index is 14.9. The molecule has 0 spiro atoms. The van der Waals surface area contributed by atoms with Crippen LogP contribution in [0.2, 0.25) is 0 Å². The molecule has 0 unspecified atom stereocenters. The Kier molecular flexibility index (Phi) is 11.0. The van der Waals surface area contributed by atoms with Crippen molar-refractivity contribution >= 4 is 21.8 Å². The van der Waals surface area contributed by atoms with Gasteiger partial charge < -0.3 is 4.57 Å². The highest BCUT2D eigenvalue weighted by Crippen LogP contribution is 2.46. The minimum atomic E-state index is -5.14. The molecule has 0 saturated heterocycles. The Morgan fingerprint density at radius 2 is 0.873 bits per heavy atom. The summed E-state index contributed by atoms with van der Waals surface area (Å²) < 4.78 is 88.4. The maximum atomic E-state index is 14.9. The zero-order valence-electron chi connectivity index (χ0n) is 37.1. The predicted octanol–water partition coefficient (Wildman–Crippen LogP) is 15.9. The molecule has 0 fully saturated rings. The smallest absolute Gasteiger partial charge is 0.308 e. The molecule has 0 aliphatic carbocycles. The average molecular weight is 941 g/mol. The third-order valence-corrected chi connectivity index (χ3v) is 12.3. The molecule has 0 N–H and O–H groups in total. The van der Waals surface area contributed by atoms with Crippen molar-refractivity contribution in [3.63, 3.8) is 0 Å². The van der Waals surface area contributed by atoms with E-state index >= 15 is 0 Å². The first-order valence-corrected chi connectivity index (χ1v) is 22.3. The van der Waals surface area contributed by atoms with Crippen LogP contribution in [0.15, 0.2) is 206 Å². The van der Waals surface area contributed by atoms with Gasteiger partial charge >= 0.3 is 12.4 Å². The van der Waals surface area contributed by atoms with E-state index in [1.165, 1.54) is 6.07 Å². The zero-order valence-corrected chi connectivity index (χ0v) is 37.1. The van der Waals surface area contributed by atoms with Crippen LogP contribution in [-0.2, 0) is 12.4 Å². The number of benzene rings is 8. The van der Waals surface area contributed by atoms with Crippen LogP contribution in [0.1, 0.15) is 16.7 Å². The summed E-state index contributed by atoms with van der Waals surface area (Å²) in [5.74, 6) is 0.611. The summed E-state index contributed by atoms with van der Waals surface area (Å²) in [6.45, 7) is 0. The van der Waals surface area contributed by atoms with Crippen LogP contribution in [0.4, 0.5) is 26.3 Å². The van der Waals surface area contributed by atoms with Gasteiger partial charge in [-0.1, -0.05) is 158 Å². The number of hydrogen-bond donors (Lipinski definition) is 0. The number of fused-ring (bicyclic) bond motifs is 3. The van der Waals surface area contributed by atoms with Crippen LogP contribution < -0.4 is 0 Å². The summed E-state index contributed by atoms with van der Waals surface area (Å²) in [6, 6.07) is 61.5. The molecular weight excluding hydrogens is 907 g/mol. The van der Waals surface area contributed by atoms with Crippen molar-refractivity contribution in [2.75, 3.05) is 0 Å². The summed E-state index contributed by atoms with van der Waals surface area (Å²) in [6.07, 6.45) is -10.2. The number of para-hydroxylation sites is 1. The lowest BCUT2D eigenvalue weighted by atomic mass is 9.95. The number of nitriles is 1. The molecule has 0 bridgehead atoms. The van der Waals surface area contributed by atoms with Crippen LogP contribution in [0.25, 0.3) is 106 Å². The van der Waals surface area contributed by atoms with E-state index in [1.54, 1.807) is 24.3 Å². The molecule has 3 heterocycles. The monoisotopic (exact) mass is 940 g/mol. The molecule has 6 nitrogen and oxygen atoms in total. The molecule has 8 aromatic carbocycles. The summed E-state index contributed by atoms with van der Waals surface area (Å²) in [4.78, 5) is 20.7. The van der Waals surface area contributed by atoms with Gasteiger partial charge in [-0.3, -0.25) is 0 Å². The first-order chi connectivity index (χ1) is 34.4. The molecule has 11 aromatic rings.